The molecule has 36 heavy (non-hydrogen) atoms. The highest BCUT2D eigenvalue weighted by Crippen LogP contribution is 2.59. The maximum absolute atomic E-state index is 13.9. The van der Waals surface area contributed by atoms with Crippen LogP contribution in [0.5, 0.6) is 0 Å². The summed E-state index contributed by atoms with van der Waals surface area (Å²) in [5, 5.41) is 0. The first-order chi connectivity index (χ1) is 17.6. The monoisotopic (exact) mass is 475 g/mol. The van der Waals surface area contributed by atoms with E-state index >= 15 is 0 Å². The molecule has 2 amide bonds. The molecule has 2 bridgehead atoms. The lowest BCUT2D eigenvalue weighted by molar-refractivity contribution is -0.122. The lowest BCUT2D eigenvalue weighted by atomic mass is 9.85. The Kier molecular flexibility index (Phi) is 5.41. The van der Waals surface area contributed by atoms with Gasteiger partial charge in [0.25, 0.3) is 0 Å². The smallest absolute Gasteiger partial charge is 0.340 e. The zero-order valence-electron chi connectivity index (χ0n) is 19.8. The van der Waals surface area contributed by atoms with Gasteiger partial charge < -0.3 is 4.74 Å². The third-order valence-corrected chi connectivity index (χ3v) is 7.47. The molecule has 5 nitrogen and oxygen atoms in total. The number of esters is 1. The standard InChI is InChI=1S/C31H25NO4/c1-2-36-31(35)21-15-9-10-16-24(21)32-29(33)27-22-17-18-23(28(27)30(32)34)26(22)25(19-11-5-3-6-12-19)20-13-7-4-8-14-20/h3-18,22-23,27-28H,2H2,1H3/t22-,23-,27-,28-/m0/s1. The van der Waals surface area contributed by atoms with E-state index < -0.39 is 17.8 Å². The summed E-state index contributed by atoms with van der Waals surface area (Å²) in [5.41, 5.74) is 4.89. The minimum atomic E-state index is -0.539. The summed E-state index contributed by atoms with van der Waals surface area (Å²) in [7, 11) is 0. The minimum Gasteiger partial charge on any atom is -0.462 e. The van der Waals surface area contributed by atoms with Gasteiger partial charge >= 0.3 is 5.97 Å². The van der Waals surface area contributed by atoms with Gasteiger partial charge in [0.2, 0.25) is 11.8 Å². The molecule has 1 aliphatic heterocycles. The fourth-order valence-electron chi connectivity index (χ4n) is 6.09. The highest BCUT2D eigenvalue weighted by Gasteiger charge is 2.62. The molecule has 3 aromatic carbocycles. The molecule has 4 atom stereocenters. The van der Waals surface area contributed by atoms with E-state index in [1.165, 1.54) is 4.90 Å². The van der Waals surface area contributed by atoms with Crippen molar-refractivity contribution in [1.29, 1.82) is 0 Å². The average Bonchev–Trinajstić information content (AvgIpc) is 3.54. The minimum absolute atomic E-state index is 0.174. The van der Waals surface area contributed by atoms with Gasteiger partial charge in [0, 0.05) is 11.8 Å². The van der Waals surface area contributed by atoms with Crippen molar-refractivity contribution >= 4 is 29.0 Å². The number of anilines is 1. The van der Waals surface area contributed by atoms with Gasteiger partial charge in [-0.3, -0.25) is 9.59 Å². The van der Waals surface area contributed by atoms with Crippen LogP contribution < -0.4 is 4.90 Å². The van der Waals surface area contributed by atoms with E-state index in [1.807, 2.05) is 36.4 Å². The molecule has 1 saturated carbocycles. The van der Waals surface area contributed by atoms with Gasteiger partial charge in [-0.05, 0) is 41.3 Å². The molecule has 0 radical (unpaired) electrons. The topological polar surface area (TPSA) is 63.7 Å². The van der Waals surface area contributed by atoms with Gasteiger partial charge in [-0.2, -0.15) is 0 Å². The van der Waals surface area contributed by atoms with Gasteiger partial charge in [0.05, 0.1) is 29.7 Å². The van der Waals surface area contributed by atoms with Crippen molar-refractivity contribution in [2.45, 2.75) is 6.92 Å². The van der Waals surface area contributed by atoms with Gasteiger partial charge in [-0.25, -0.2) is 9.69 Å². The molecule has 0 unspecified atom stereocenters. The van der Waals surface area contributed by atoms with E-state index in [-0.39, 0.29) is 35.8 Å². The van der Waals surface area contributed by atoms with Crippen LogP contribution >= 0.6 is 0 Å². The largest absolute Gasteiger partial charge is 0.462 e. The Morgan fingerprint density at radius 1 is 0.750 bits per heavy atom. The summed E-state index contributed by atoms with van der Waals surface area (Å²) in [6.07, 6.45) is 4.16. The van der Waals surface area contributed by atoms with Gasteiger partial charge in [0.15, 0.2) is 0 Å². The summed E-state index contributed by atoms with van der Waals surface area (Å²) in [4.78, 5) is 41.5. The third-order valence-electron chi connectivity index (χ3n) is 7.47. The van der Waals surface area contributed by atoms with Crippen LogP contribution in [0.4, 0.5) is 5.69 Å². The number of fused-ring (bicyclic) bond motifs is 5. The van der Waals surface area contributed by atoms with Crippen LogP contribution in [0.2, 0.25) is 0 Å². The Bertz CT molecular complexity index is 1350. The van der Waals surface area contributed by atoms with E-state index in [4.69, 9.17) is 4.74 Å². The van der Waals surface area contributed by atoms with Crippen molar-refractivity contribution in [3.63, 3.8) is 0 Å². The molecule has 5 heteroatoms. The number of nitrogens with zero attached hydrogens (tertiary/aromatic N) is 1. The van der Waals surface area contributed by atoms with Crippen molar-refractivity contribution in [3.8, 4) is 0 Å². The lowest BCUT2D eigenvalue weighted by Crippen LogP contribution is -2.34. The molecule has 2 aliphatic carbocycles. The molecule has 0 aromatic heterocycles. The Morgan fingerprint density at radius 2 is 1.25 bits per heavy atom. The maximum Gasteiger partial charge on any atom is 0.340 e. The van der Waals surface area contributed by atoms with Crippen LogP contribution in [-0.2, 0) is 14.3 Å². The number of ether oxygens (including phenoxy) is 1. The van der Waals surface area contributed by atoms with Crippen molar-refractivity contribution < 1.29 is 19.1 Å². The predicted octanol–water partition coefficient (Wildman–Crippen LogP) is 5.29. The van der Waals surface area contributed by atoms with Crippen LogP contribution in [0.25, 0.3) is 5.57 Å². The number of hydrogen-bond acceptors (Lipinski definition) is 4. The van der Waals surface area contributed by atoms with Crippen molar-refractivity contribution in [1.82, 2.24) is 0 Å². The molecule has 3 aliphatic rings. The number of amides is 2. The molecule has 2 fully saturated rings. The number of imide groups is 1. The van der Waals surface area contributed by atoms with Crippen LogP contribution in [0.3, 0.4) is 0 Å². The Hall–Kier alpha value is -4.25. The number of benzene rings is 3. The van der Waals surface area contributed by atoms with Crippen LogP contribution in [-0.4, -0.2) is 24.4 Å². The number of carbonyl (C=O) groups excluding carboxylic acids is 3. The second-order valence-corrected chi connectivity index (χ2v) is 9.30. The van der Waals surface area contributed by atoms with Crippen LogP contribution in [0.15, 0.2) is 103 Å². The SMILES string of the molecule is CCOC(=O)c1ccccc1N1C(=O)[C@@H]2[C@@H](C1=O)[C@H]1C=C[C@H]2C1=C(c1ccccc1)c1ccccc1. The first kappa shape index (κ1) is 22.2. The summed E-state index contributed by atoms with van der Waals surface area (Å²) < 4.78 is 5.19. The number of carbonyl (C=O) groups is 3. The molecule has 3 aromatic rings. The van der Waals surface area contributed by atoms with Crippen LogP contribution in [0, 0.1) is 23.7 Å². The van der Waals surface area contributed by atoms with E-state index in [9.17, 15) is 14.4 Å². The first-order valence-electron chi connectivity index (χ1n) is 12.3. The van der Waals surface area contributed by atoms with Crippen LogP contribution in [0.1, 0.15) is 28.4 Å². The molecule has 6 rings (SSSR count). The predicted molar refractivity (Wildman–Crippen MR) is 137 cm³/mol. The molecular formula is C31H25NO4. The highest BCUT2D eigenvalue weighted by molar-refractivity contribution is 6.25. The van der Waals surface area contributed by atoms with Gasteiger partial charge in [0.1, 0.15) is 0 Å². The summed E-state index contributed by atoms with van der Waals surface area (Å²) >= 11 is 0. The normalized spacial score (nSPS) is 23.8. The fraction of sp³-hybridized carbons (Fsp3) is 0.194. The average molecular weight is 476 g/mol. The first-order valence-corrected chi connectivity index (χ1v) is 12.3. The van der Waals surface area contributed by atoms with Crippen molar-refractivity contribution in [2.24, 2.45) is 23.7 Å². The van der Waals surface area contributed by atoms with Gasteiger partial charge in [-0.15, -0.1) is 0 Å². The summed E-state index contributed by atoms with van der Waals surface area (Å²) in [6, 6.07) is 27.0. The second kappa shape index (κ2) is 8.76. The van der Waals surface area contributed by atoms with E-state index in [0.717, 1.165) is 22.3 Å². The Balaban J connectivity index is 1.45. The van der Waals surface area contributed by atoms with Crippen molar-refractivity contribution in [2.75, 3.05) is 11.5 Å². The van der Waals surface area contributed by atoms with E-state index in [0.29, 0.717) is 5.69 Å². The molecule has 1 heterocycles. The molecular weight excluding hydrogens is 450 g/mol. The van der Waals surface area contributed by atoms with E-state index in [2.05, 4.69) is 36.4 Å². The summed E-state index contributed by atoms with van der Waals surface area (Å²) in [6.45, 7) is 1.94. The maximum atomic E-state index is 13.9. The zero-order chi connectivity index (χ0) is 24.8. The molecule has 0 spiro atoms. The Labute approximate surface area is 209 Å². The number of para-hydroxylation sites is 1. The fourth-order valence-corrected chi connectivity index (χ4v) is 6.09. The molecule has 178 valence electrons. The molecule has 1 saturated heterocycles. The third kappa shape index (κ3) is 3.27. The quantitative estimate of drug-likeness (QED) is 0.286. The summed E-state index contributed by atoms with van der Waals surface area (Å²) in [5.74, 6) is -2.37. The van der Waals surface area contributed by atoms with Gasteiger partial charge in [-0.1, -0.05) is 84.9 Å². The second-order valence-electron chi connectivity index (χ2n) is 9.30. The highest BCUT2D eigenvalue weighted by atomic mass is 16.5. The molecule has 0 N–H and O–H groups in total. The van der Waals surface area contributed by atoms with Crippen molar-refractivity contribution in [3.05, 3.63) is 119 Å². The Morgan fingerprint density at radius 3 is 1.78 bits per heavy atom. The lowest BCUT2D eigenvalue weighted by Gasteiger charge is -2.22. The number of rotatable bonds is 5. The zero-order valence-corrected chi connectivity index (χ0v) is 19.8. The van der Waals surface area contributed by atoms with E-state index in [1.54, 1.807) is 31.2 Å². The number of allylic oxidation sites excluding steroid dienone is 3. The number of hydrogen-bond donors (Lipinski definition) is 0.